The minimum absolute atomic E-state index is 0. The van der Waals surface area contributed by atoms with Crippen LogP contribution in [-0.2, 0) is 0 Å². The molecule has 2 aromatic carbocycles. The number of halogens is 2. The Morgan fingerprint density at radius 1 is 0.952 bits per heavy atom. The third-order valence-corrected chi connectivity index (χ3v) is 3.61. The molecule has 0 spiro atoms. The van der Waals surface area contributed by atoms with E-state index < -0.39 is 0 Å². The molecule has 0 radical (unpaired) electrons. The predicted molar refractivity (Wildman–Crippen MR) is 93.2 cm³/mol. The lowest BCUT2D eigenvalue weighted by molar-refractivity contribution is 0.191. The van der Waals surface area contributed by atoms with Crippen LogP contribution < -0.4 is 10.1 Å². The highest BCUT2D eigenvalue weighted by Crippen LogP contribution is 2.20. The van der Waals surface area contributed by atoms with Crippen molar-refractivity contribution in [2.75, 3.05) is 39.3 Å². The number of benzene rings is 2. The van der Waals surface area contributed by atoms with Crippen LogP contribution in [0.2, 0.25) is 0 Å². The maximum Gasteiger partial charge on any atom is 0.120 e. The second-order valence-corrected chi connectivity index (χ2v) is 4.95. The molecule has 1 N–H and O–H groups in total. The molecule has 0 aromatic heterocycles. The van der Waals surface area contributed by atoms with E-state index >= 15 is 0 Å². The van der Waals surface area contributed by atoms with Gasteiger partial charge in [0.2, 0.25) is 0 Å². The van der Waals surface area contributed by atoms with Crippen LogP contribution in [0.1, 0.15) is 0 Å². The first-order chi connectivity index (χ1) is 9.42. The largest absolute Gasteiger partial charge is 0.492 e. The summed E-state index contributed by atoms with van der Waals surface area (Å²) < 4.78 is 5.85. The van der Waals surface area contributed by atoms with Crippen LogP contribution in [0.4, 0.5) is 0 Å². The van der Waals surface area contributed by atoms with Gasteiger partial charge in [-0.2, -0.15) is 0 Å². The highest BCUT2D eigenvalue weighted by molar-refractivity contribution is 5.85. The molecular formula is C16H22Cl2N2O. The van der Waals surface area contributed by atoms with Crippen molar-refractivity contribution in [3.8, 4) is 5.75 Å². The lowest BCUT2D eigenvalue weighted by Crippen LogP contribution is -2.44. The number of piperazine rings is 1. The molecule has 0 saturated carbocycles. The van der Waals surface area contributed by atoms with E-state index in [1.807, 2.05) is 0 Å². The summed E-state index contributed by atoms with van der Waals surface area (Å²) in [5.74, 6) is 0.967. The van der Waals surface area contributed by atoms with Crippen LogP contribution >= 0.6 is 24.8 Å². The number of hydrogen-bond donors (Lipinski definition) is 1. The molecule has 1 aliphatic rings. The van der Waals surface area contributed by atoms with E-state index in [2.05, 4.69) is 52.7 Å². The first-order valence-corrected chi connectivity index (χ1v) is 6.96. The predicted octanol–water partition coefficient (Wildman–Crippen LogP) is 2.97. The van der Waals surface area contributed by atoms with Crippen molar-refractivity contribution in [3.05, 3.63) is 42.5 Å². The van der Waals surface area contributed by atoms with Crippen LogP contribution in [0.15, 0.2) is 42.5 Å². The fourth-order valence-electron chi connectivity index (χ4n) is 2.48. The summed E-state index contributed by atoms with van der Waals surface area (Å²) in [5, 5.41) is 5.86. The summed E-state index contributed by atoms with van der Waals surface area (Å²) in [4.78, 5) is 2.44. The van der Waals surface area contributed by atoms with Gasteiger partial charge >= 0.3 is 0 Å². The lowest BCUT2D eigenvalue weighted by Gasteiger charge is -2.26. The lowest BCUT2D eigenvalue weighted by atomic mass is 10.1. The molecule has 3 nitrogen and oxygen atoms in total. The Labute approximate surface area is 138 Å². The third kappa shape index (κ3) is 5.04. The van der Waals surface area contributed by atoms with Crippen molar-refractivity contribution in [2.45, 2.75) is 0 Å². The van der Waals surface area contributed by atoms with Crippen LogP contribution in [0.25, 0.3) is 10.8 Å². The molecule has 1 fully saturated rings. The Bertz CT molecular complexity index is 545. The first-order valence-electron chi connectivity index (χ1n) is 6.96. The highest BCUT2D eigenvalue weighted by atomic mass is 35.5. The first kappa shape index (κ1) is 18.1. The minimum Gasteiger partial charge on any atom is -0.492 e. The number of rotatable bonds is 4. The molecule has 21 heavy (non-hydrogen) atoms. The van der Waals surface area contributed by atoms with Crippen molar-refractivity contribution < 1.29 is 4.74 Å². The maximum absolute atomic E-state index is 5.85. The van der Waals surface area contributed by atoms with Gasteiger partial charge in [0.25, 0.3) is 0 Å². The zero-order valence-corrected chi connectivity index (χ0v) is 13.6. The summed E-state index contributed by atoms with van der Waals surface area (Å²) in [6, 6.07) is 14.7. The summed E-state index contributed by atoms with van der Waals surface area (Å²) >= 11 is 0. The molecule has 1 aliphatic heterocycles. The van der Waals surface area contributed by atoms with Gasteiger partial charge in [0, 0.05) is 32.7 Å². The van der Waals surface area contributed by atoms with Crippen molar-refractivity contribution in [3.63, 3.8) is 0 Å². The van der Waals surface area contributed by atoms with Crippen LogP contribution in [0.5, 0.6) is 5.75 Å². The number of nitrogens with one attached hydrogen (secondary N) is 1. The normalized spacial score (nSPS) is 15.0. The zero-order chi connectivity index (χ0) is 12.9. The van der Waals surface area contributed by atoms with Crippen molar-refractivity contribution in [1.82, 2.24) is 10.2 Å². The van der Waals surface area contributed by atoms with Gasteiger partial charge in [-0.05, 0) is 22.9 Å². The molecule has 1 saturated heterocycles. The highest BCUT2D eigenvalue weighted by Gasteiger charge is 2.08. The van der Waals surface area contributed by atoms with Crippen LogP contribution in [0.3, 0.4) is 0 Å². The van der Waals surface area contributed by atoms with Gasteiger partial charge in [-0.25, -0.2) is 0 Å². The quantitative estimate of drug-likeness (QED) is 0.933. The van der Waals surface area contributed by atoms with E-state index in [4.69, 9.17) is 4.74 Å². The van der Waals surface area contributed by atoms with Crippen molar-refractivity contribution in [1.29, 1.82) is 0 Å². The Balaban J connectivity index is 0.00000110. The van der Waals surface area contributed by atoms with E-state index in [0.717, 1.165) is 45.1 Å². The molecular weight excluding hydrogens is 307 g/mol. The third-order valence-electron chi connectivity index (χ3n) is 3.61. The maximum atomic E-state index is 5.85. The van der Waals surface area contributed by atoms with Crippen LogP contribution in [0, 0.1) is 0 Å². The fraction of sp³-hybridized carbons (Fsp3) is 0.375. The summed E-state index contributed by atoms with van der Waals surface area (Å²) in [7, 11) is 0. The van der Waals surface area contributed by atoms with E-state index in [-0.39, 0.29) is 24.8 Å². The molecule has 0 bridgehead atoms. The van der Waals surface area contributed by atoms with Crippen molar-refractivity contribution >= 4 is 35.6 Å². The Kier molecular flexibility index (Phi) is 7.83. The smallest absolute Gasteiger partial charge is 0.120 e. The average Bonchev–Trinajstić information content (AvgIpc) is 2.48. The van der Waals surface area contributed by atoms with Crippen LogP contribution in [-0.4, -0.2) is 44.2 Å². The fourth-order valence-corrected chi connectivity index (χ4v) is 2.48. The van der Waals surface area contributed by atoms with Gasteiger partial charge in [0.15, 0.2) is 0 Å². The average molecular weight is 329 g/mol. The van der Waals surface area contributed by atoms with E-state index in [0.29, 0.717) is 0 Å². The SMILES string of the molecule is Cl.Cl.c1ccc2cc(OCCN3CCNCC3)ccc2c1. The number of ether oxygens (including phenoxy) is 1. The zero-order valence-electron chi connectivity index (χ0n) is 12.0. The monoisotopic (exact) mass is 328 g/mol. The van der Waals surface area contributed by atoms with Crippen molar-refractivity contribution in [2.24, 2.45) is 0 Å². The summed E-state index contributed by atoms with van der Waals surface area (Å²) in [6.07, 6.45) is 0. The molecule has 0 amide bonds. The molecule has 2 aromatic rings. The Morgan fingerprint density at radius 3 is 2.43 bits per heavy atom. The standard InChI is InChI=1S/C16H20N2O.2ClH/c1-2-4-15-13-16(6-5-14(15)3-1)19-12-11-18-9-7-17-8-10-18;;/h1-6,13,17H,7-12H2;2*1H. The molecule has 5 heteroatoms. The van der Waals surface area contributed by atoms with Gasteiger partial charge in [-0.3, -0.25) is 4.90 Å². The Hall–Kier alpha value is -1.00. The number of nitrogens with zero attached hydrogens (tertiary/aromatic N) is 1. The molecule has 116 valence electrons. The molecule has 1 heterocycles. The second-order valence-electron chi connectivity index (χ2n) is 4.95. The number of fused-ring (bicyclic) bond motifs is 1. The van der Waals surface area contributed by atoms with E-state index in [1.54, 1.807) is 0 Å². The summed E-state index contributed by atoms with van der Waals surface area (Å²) in [6.45, 7) is 6.21. The molecule has 0 atom stereocenters. The summed E-state index contributed by atoms with van der Waals surface area (Å²) in [5.41, 5.74) is 0. The van der Waals surface area contributed by atoms with Gasteiger partial charge < -0.3 is 10.1 Å². The van der Waals surface area contributed by atoms with E-state index in [9.17, 15) is 0 Å². The topological polar surface area (TPSA) is 24.5 Å². The Morgan fingerprint density at radius 2 is 1.67 bits per heavy atom. The van der Waals surface area contributed by atoms with Gasteiger partial charge in [0.05, 0.1) is 0 Å². The minimum atomic E-state index is 0. The second kappa shape index (κ2) is 9.11. The molecule has 3 rings (SSSR count). The number of hydrogen-bond acceptors (Lipinski definition) is 3. The van der Waals surface area contributed by atoms with Gasteiger partial charge in [-0.15, -0.1) is 24.8 Å². The van der Waals surface area contributed by atoms with E-state index in [1.165, 1.54) is 10.8 Å². The molecule has 0 aliphatic carbocycles. The molecule has 0 unspecified atom stereocenters. The van der Waals surface area contributed by atoms with Gasteiger partial charge in [-0.1, -0.05) is 30.3 Å². The van der Waals surface area contributed by atoms with Gasteiger partial charge in [0.1, 0.15) is 12.4 Å².